The first-order chi connectivity index (χ1) is 8.51. The molecule has 2 rings (SSSR count). The van der Waals surface area contributed by atoms with Crippen LogP contribution in [0.5, 0.6) is 0 Å². The molecule has 2 N–H and O–H groups in total. The normalized spacial score (nSPS) is 10.8. The topological polar surface area (TPSA) is 87.2 Å². The van der Waals surface area contributed by atoms with Crippen molar-refractivity contribution in [1.29, 1.82) is 0 Å². The van der Waals surface area contributed by atoms with E-state index in [1.807, 2.05) is 6.92 Å². The number of hydrogen-bond donors (Lipinski definition) is 1. The maximum atomic E-state index is 12.0. The van der Waals surface area contributed by atoms with Crippen LogP contribution in [0.2, 0.25) is 0 Å². The molecule has 0 bridgehead atoms. The van der Waals surface area contributed by atoms with Crippen LogP contribution in [0.25, 0.3) is 4.72 Å². The summed E-state index contributed by atoms with van der Waals surface area (Å²) in [4.78, 5) is 4.22. The summed E-state index contributed by atoms with van der Waals surface area (Å²) < 4.78 is 27.6. The minimum Gasteiger partial charge on any atom is -0.430 e. The molecule has 96 valence electrons. The van der Waals surface area contributed by atoms with E-state index in [1.165, 1.54) is 35.6 Å². The van der Waals surface area contributed by atoms with Gasteiger partial charge in [-0.25, -0.2) is 8.42 Å². The van der Waals surface area contributed by atoms with Gasteiger partial charge >= 0.3 is 29.6 Å². The van der Waals surface area contributed by atoms with E-state index in [4.69, 9.17) is 5.73 Å². The summed E-state index contributed by atoms with van der Waals surface area (Å²) in [6.45, 7) is 1.95. The molecule has 0 fully saturated rings. The van der Waals surface area contributed by atoms with E-state index in [0.29, 0.717) is 5.69 Å². The third-order valence-electron chi connectivity index (χ3n) is 2.28. The Morgan fingerprint density at radius 1 is 1.32 bits per heavy atom. The van der Waals surface area contributed by atoms with Crippen LogP contribution in [0, 0.1) is 0 Å². The smallest absolute Gasteiger partial charge is 0.430 e. The zero-order valence-corrected chi connectivity index (χ0v) is 14.3. The Hall–Kier alpha value is -0.600. The van der Waals surface area contributed by atoms with Gasteiger partial charge in [-0.2, -0.15) is 11.3 Å². The molecule has 0 saturated carbocycles. The van der Waals surface area contributed by atoms with Crippen molar-refractivity contribution in [3.8, 4) is 0 Å². The second-order valence-electron chi connectivity index (χ2n) is 3.61. The van der Waals surface area contributed by atoms with Gasteiger partial charge in [-0.15, -0.1) is 0 Å². The van der Waals surface area contributed by atoms with E-state index in [1.54, 1.807) is 5.38 Å². The standard InChI is InChI=1S/C11H12N3O2S2.Na/c1-2-9-7-17-11(13-9)14-18(15,16)10-5-3-8(12)4-6-10;/h3-7H,2,12H2,1H3;/q-1;+1. The summed E-state index contributed by atoms with van der Waals surface area (Å²) in [7, 11) is -3.71. The van der Waals surface area contributed by atoms with Crippen molar-refractivity contribution in [3.63, 3.8) is 0 Å². The molecular formula is C11H12N3NaO2S2. The Labute approximate surface area is 138 Å². The van der Waals surface area contributed by atoms with Crippen molar-refractivity contribution < 1.29 is 38.0 Å². The number of benzene rings is 1. The molecule has 0 aliphatic heterocycles. The molecule has 1 aromatic heterocycles. The Morgan fingerprint density at radius 2 is 1.95 bits per heavy atom. The van der Waals surface area contributed by atoms with Crippen molar-refractivity contribution in [3.05, 3.63) is 40.1 Å². The van der Waals surface area contributed by atoms with Crippen LogP contribution in [0.1, 0.15) is 12.6 Å². The van der Waals surface area contributed by atoms with Gasteiger partial charge in [0.25, 0.3) is 0 Å². The third-order valence-corrected chi connectivity index (χ3v) is 4.46. The molecule has 2 aromatic rings. The van der Waals surface area contributed by atoms with Gasteiger partial charge in [-0.05, 0) is 36.1 Å². The van der Waals surface area contributed by atoms with Crippen molar-refractivity contribution in [2.75, 3.05) is 5.73 Å². The molecule has 0 saturated heterocycles. The molecule has 19 heavy (non-hydrogen) atoms. The number of aromatic nitrogens is 1. The third kappa shape index (κ3) is 4.19. The minimum absolute atomic E-state index is 0. The maximum Gasteiger partial charge on any atom is 1.00 e. The van der Waals surface area contributed by atoms with Crippen LogP contribution in [-0.4, -0.2) is 13.4 Å². The van der Waals surface area contributed by atoms with E-state index in [2.05, 4.69) is 9.71 Å². The fourth-order valence-corrected chi connectivity index (χ4v) is 3.23. The first-order valence-corrected chi connectivity index (χ1v) is 7.61. The molecule has 0 aliphatic rings. The molecule has 0 unspecified atom stereocenters. The van der Waals surface area contributed by atoms with E-state index in [9.17, 15) is 8.42 Å². The monoisotopic (exact) mass is 305 g/mol. The van der Waals surface area contributed by atoms with E-state index in [0.717, 1.165) is 12.1 Å². The van der Waals surface area contributed by atoms with Crippen LogP contribution < -0.4 is 35.3 Å². The Kier molecular flexibility index (Phi) is 5.82. The number of nitrogens with two attached hydrogens (primary N) is 1. The van der Waals surface area contributed by atoms with E-state index >= 15 is 0 Å². The number of nitrogens with zero attached hydrogens (tertiary/aromatic N) is 2. The van der Waals surface area contributed by atoms with Crippen molar-refractivity contribution in [2.24, 2.45) is 0 Å². The summed E-state index contributed by atoms with van der Waals surface area (Å²) in [5, 5.41) is 2.06. The van der Waals surface area contributed by atoms with E-state index < -0.39 is 10.0 Å². The number of rotatable bonds is 4. The zero-order chi connectivity index (χ0) is 13.2. The fourth-order valence-electron chi connectivity index (χ4n) is 1.30. The average molecular weight is 305 g/mol. The molecule has 8 heteroatoms. The van der Waals surface area contributed by atoms with Gasteiger partial charge < -0.3 is 15.4 Å². The summed E-state index contributed by atoms with van der Waals surface area (Å²) in [5.41, 5.74) is 6.86. The van der Waals surface area contributed by atoms with Crippen LogP contribution in [0.15, 0.2) is 34.5 Å². The van der Waals surface area contributed by atoms with Crippen LogP contribution in [-0.2, 0) is 16.4 Å². The summed E-state index contributed by atoms with van der Waals surface area (Å²) >= 11 is 1.22. The van der Waals surface area contributed by atoms with Crippen LogP contribution in [0.3, 0.4) is 0 Å². The zero-order valence-electron chi connectivity index (χ0n) is 10.7. The molecular weight excluding hydrogens is 293 g/mol. The van der Waals surface area contributed by atoms with Crippen molar-refractivity contribution in [1.82, 2.24) is 4.98 Å². The van der Waals surface area contributed by atoms with Crippen LogP contribution >= 0.6 is 11.3 Å². The van der Waals surface area contributed by atoms with Crippen molar-refractivity contribution in [2.45, 2.75) is 18.2 Å². The number of aryl methyl sites for hydroxylation is 1. The Morgan fingerprint density at radius 3 is 2.47 bits per heavy atom. The van der Waals surface area contributed by atoms with Gasteiger partial charge in [-0.1, -0.05) is 12.6 Å². The summed E-state index contributed by atoms with van der Waals surface area (Å²) in [5.74, 6) is 0. The molecule has 1 aromatic carbocycles. The second-order valence-corrected chi connectivity index (χ2v) is 6.05. The minimum atomic E-state index is -3.71. The predicted molar refractivity (Wildman–Crippen MR) is 72.6 cm³/mol. The number of anilines is 1. The fraction of sp³-hybridized carbons (Fsp3) is 0.182. The van der Waals surface area contributed by atoms with Gasteiger partial charge in [-0.3, -0.25) is 0 Å². The van der Waals surface area contributed by atoms with Gasteiger partial charge in [0.1, 0.15) is 0 Å². The maximum absolute atomic E-state index is 12.0. The summed E-state index contributed by atoms with van der Waals surface area (Å²) in [6.07, 6.45) is 0.758. The average Bonchev–Trinajstić information content (AvgIpc) is 2.76. The number of thiazole rings is 1. The Bertz CT molecular complexity index is 638. The van der Waals surface area contributed by atoms with Gasteiger partial charge in [0.05, 0.1) is 4.90 Å². The molecule has 1 heterocycles. The SMILES string of the molecule is CCc1csc([N-]S(=O)(=O)c2ccc(N)cc2)n1.[Na+]. The number of nitrogen functional groups attached to an aromatic ring is 1. The van der Waals surface area contributed by atoms with Crippen LogP contribution in [0.4, 0.5) is 10.8 Å². The molecule has 0 radical (unpaired) electrons. The van der Waals surface area contributed by atoms with Gasteiger partial charge in [0.15, 0.2) is 0 Å². The van der Waals surface area contributed by atoms with Gasteiger partial charge in [0.2, 0.25) is 10.0 Å². The molecule has 5 nitrogen and oxygen atoms in total. The summed E-state index contributed by atoms with van der Waals surface area (Å²) in [6, 6.07) is 5.93. The van der Waals surface area contributed by atoms with Crippen molar-refractivity contribution >= 4 is 32.2 Å². The predicted octanol–water partition coefficient (Wildman–Crippen LogP) is -0.314. The first-order valence-electron chi connectivity index (χ1n) is 5.29. The molecule has 0 spiro atoms. The quantitative estimate of drug-likeness (QED) is 0.620. The van der Waals surface area contributed by atoms with E-state index in [-0.39, 0.29) is 39.6 Å². The number of sulfonamides is 1. The largest absolute Gasteiger partial charge is 1.00 e. The second kappa shape index (κ2) is 6.71. The first kappa shape index (κ1) is 16.5. The molecule has 0 aliphatic carbocycles. The van der Waals surface area contributed by atoms with Gasteiger partial charge in [0, 0.05) is 10.8 Å². The molecule has 0 atom stereocenters. The number of hydrogen-bond acceptors (Lipinski definition) is 5. The molecule has 0 amide bonds. The Balaban J connectivity index is 0.00000180.